The number of ether oxygens (including phenoxy) is 3. The van der Waals surface area contributed by atoms with Crippen LogP contribution in [0, 0.1) is 6.92 Å². The SMILES string of the molecule is CCOC(=O)COc1ccc(Oc2ccc(CN(Cc3ccccc3)c3cccc(NS(C)(=O)=O)c3C)cc2)cc1. The summed E-state index contributed by atoms with van der Waals surface area (Å²) in [7, 11) is -3.41. The number of nitrogens with one attached hydrogen (secondary N) is 1. The minimum absolute atomic E-state index is 0.144. The quantitative estimate of drug-likeness (QED) is 0.187. The number of hydrogen-bond donors (Lipinski definition) is 1. The summed E-state index contributed by atoms with van der Waals surface area (Å²) < 4.78 is 42.7. The van der Waals surface area contributed by atoms with Gasteiger partial charge in [0.15, 0.2) is 6.61 Å². The fourth-order valence-corrected chi connectivity index (χ4v) is 4.90. The number of anilines is 2. The normalized spacial score (nSPS) is 11.0. The maximum absolute atomic E-state index is 11.9. The molecular formula is C32H34N2O6S. The Kier molecular flexibility index (Phi) is 9.86. The Morgan fingerprint density at radius 3 is 1.98 bits per heavy atom. The maximum Gasteiger partial charge on any atom is 0.344 e. The highest BCUT2D eigenvalue weighted by atomic mass is 32.2. The third-order valence-corrected chi connectivity index (χ3v) is 6.77. The van der Waals surface area contributed by atoms with Crippen molar-refractivity contribution in [3.63, 3.8) is 0 Å². The molecule has 0 saturated heterocycles. The summed E-state index contributed by atoms with van der Waals surface area (Å²) in [6, 6.07) is 30.6. The van der Waals surface area contributed by atoms with E-state index in [1.165, 1.54) is 0 Å². The van der Waals surface area contributed by atoms with E-state index in [4.69, 9.17) is 14.2 Å². The predicted octanol–water partition coefficient (Wildman–Crippen LogP) is 6.31. The van der Waals surface area contributed by atoms with Crippen molar-refractivity contribution in [2.45, 2.75) is 26.9 Å². The van der Waals surface area contributed by atoms with Crippen LogP contribution in [0.25, 0.3) is 0 Å². The third kappa shape index (κ3) is 9.01. The van der Waals surface area contributed by atoms with Crippen molar-refractivity contribution in [1.82, 2.24) is 0 Å². The van der Waals surface area contributed by atoms with E-state index in [0.29, 0.717) is 42.6 Å². The van der Waals surface area contributed by atoms with Gasteiger partial charge in [-0.25, -0.2) is 13.2 Å². The van der Waals surface area contributed by atoms with Crippen molar-refractivity contribution in [3.05, 3.63) is 114 Å². The van der Waals surface area contributed by atoms with Crippen LogP contribution in [0.1, 0.15) is 23.6 Å². The molecule has 0 aliphatic heterocycles. The highest BCUT2D eigenvalue weighted by molar-refractivity contribution is 7.92. The largest absolute Gasteiger partial charge is 0.482 e. The first-order valence-electron chi connectivity index (χ1n) is 13.2. The molecule has 41 heavy (non-hydrogen) atoms. The first kappa shape index (κ1) is 29.5. The standard InChI is InChI=1S/C32H34N2O6S/c1-4-38-32(35)23-39-27-17-19-29(20-18-27)40-28-15-13-26(14-16-28)22-34(21-25-9-6-5-7-10-25)31-12-8-11-30(24(31)2)33-41(3,36)37/h5-20,33H,4,21-23H2,1-3H3. The molecule has 4 rings (SSSR count). The second-order valence-corrected chi connectivity index (χ2v) is 11.2. The van der Waals surface area contributed by atoms with E-state index < -0.39 is 16.0 Å². The zero-order valence-electron chi connectivity index (χ0n) is 23.4. The van der Waals surface area contributed by atoms with E-state index in [0.717, 1.165) is 28.6 Å². The van der Waals surface area contributed by atoms with Gasteiger partial charge in [0.2, 0.25) is 10.0 Å². The fourth-order valence-electron chi connectivity index (χ4n) is 4.27. The van der Waals surface area contributed by atoms with Crippen molar-refractivity contribution in [1.29, 1.82) is 0 Å². The average molecular weight is 575 g/mol. The molecule has 0 atom stereocenters. The minimum atomic E-state index is -3.41. The van der Waals surface area contributed by atoms with Crippen LogP contribution in [0.4, 0.5) is 11.4 Å². The van der Waals surface area contributed by atoms with Gasteiger partial charge in [-0.2, -0.15) is 0 Å². The molecule has 0 unspecified atom stereocenters. The molecule has 9 heteroatoms. The molecule has 0 heterocycles. The Bertz CT molecular complexity index is 1540. The number of sulfonamides is 1. The third-order valence-electron chi connectivity index (χ3n) is 6.18. The molecule has 0 amide bonds. The highest BCUT2D eigenvalue weighted by Gasteiger charge is 2.15. The Morgan fingerprint density at radius 2 is 1.37 bits per heavy atom. The van der Waals surface area contributed by atoms with Crippen LogP contribution in [0.5, 0.6) is 17.2 Å². The molecule has 4 aromatic rings. The van der Waals surface area contributed by atoms with E-state index in [1.54, 1.807) is 37.3 Å². The van der Waals surface area contributed by atoms with E-state index in [2.05, 4.69) is 21.8 Å². The second kappa shape index (κ2) is 13.7. The molecular weight excluding hydrogens is 540 g/mol. The Labute approximate surface area is 241 Å². The van der Waals surface area contributed by atoms with Crippen LogP contribution in [0.15, 0.2) is 97.1 Å². The minimum Gasteiger partial charge on any atom is -0.482 e. The van der Waals surface area contributed by atoms with Crippen LogP contribution in [0.3, 0.4) is 0 Å². The topological polar surface area (TPSA) is 94.2 Å². The van der Waals surface area contributed by atoms with Gasteiger partial charge in [0.1, 0.15) is 17.2 Å². The smallest absolute Gasteiger partial charge is 0.344 e. The van der Waals surface area contributed by atoms with Gasteiger partial charge in [0, 0.05) is 18.8 Å². The number of carbonyl (C=O) groups is 1. The van der Waals surface area contributed by atoms with E-state index in [1.807, 2.05) is 61.5 Å². The number of hydrogen-bond acceptors (Lipinski definition) is 7. The number of rotatable bonds is 13. The molecule has 214 valence electrons. The maximum atomic E-state index is 11.9. The van der Waals surface area contributed by atoms with Gasteiger partial charge in [0.05, 0.1) is 18.6 Å². The van der Waals surface area contributed by atoms with Gasteiger partial charge >= 0.3 is 5.97 Å². The van der Waals surface area contributed by atoms with Gasteiger partial charge in [0.25, 0.3) is 0 Å². The van der Waals surface area contributed by atoms with Crippen molar-refractivity contribution >= 4 is 27.4 Å². The number of esters is 1. The van der Waals surface area contributed by atoms with Gasteiger partial charge in [-0.15, -0.1) is 0 Å². The molecule has 0 aliphatic carbocycles. The van der Waals surface area contributed by atoms with E-state index >= 15 is 0 Å². The van der Waals surface area contributed by atoms with Crippen molar-refractivity contribution in [2.24, 2.45) is 0 Å². The summed E-state index contributed by atoms with van der Waals surface area (Å²) in [6.07, 6.45) is 1.15. The van der Waals surface area contributed by atoms with Gasteiger partial charge < -0.3 is 19.1 Å². The molecule has 0 spiro atoms. The Hall–Kier alpha value is -4.50. The van der Waals surface area contributed by atoms with Gasteiger partial charge in [-0.05, 0) is 79.1 Å². The predicted molar refractivity (Wildman–Crippen MR) is 161 cm³/mol. The lowest BCUT2D eigenvalue weighted by atomic mass is 10.1. The van der Waals surface area contributed by atoms with Crippen LogP contribution >= 0.6 is 0 Å². The van der Waals surface area contributed by atoms with Crippen molar-refractivity contribution in [3.8, 4) is 17.2 Å². The highest BCUT2D eigenvalue weighted by Crippen LogP contribution is 2.31. The summed E-state index contributed by atoms with van der Waals surface area (Å²) in [5.41, 5.74) is 4.56. The molecule has 0 aliphatic rings. The van der Waals surface area contributed by atoms with Crippen LogP contribution in [0.2, 0.25) is 0 Å². The first-order chi connectivity index (χ1) is 19.7. The molecule has 0 bridgehead atoms. The lowest BCUT2D eigenvalue weighted by molar-refractivity contribution is -0.145. The number of nitrogens with zero attached hydrogens (tertiary/aromatic N) is 1. The van der Waals surface area contributed by atoms with Crippen LogP contribution in [-0.2, 0) is 32.6 Å². The molecule has 0 fully saturated rings. The van der Waals surface area contributed by atoms with E-state index in [9.17, 15) is 13.2 Å². The average Bonchev–Trinajstić information content (AvgIpc) is 2.94. The van der Waals surface area contributed by atoms with Gasteiger partial charge in [-0.1, -0.05) is 48.5 Å². The summed E-state index contributed by atoms with van der Waals surface area (Å²) >= 11 is 0. The molecule has 8 nitrogen and oxygen atoms in total. The lowest BCUT2D eigenvalue weighted by Gasteiger charge is -2.28. The summed E-state index contributed by atoms with van der Waals surface area (Å²) in [6.45, 7) is 5.09. The molecule has 4 aromatic carbocycles. The lowest BCUT2D eigenvalue weighted by Crippen LogP contribution is -2.23. The number of carbonyl (C=O) groups excluding carboxylic acids is 1. The summed E-state index contributed by atoms with van der Waals surface area (Å²) in [4.78, 5) is 13.7. The second-order valence-electron chi connectivity index (χ2n) is 9.48. The summed E-state index contributed by atoms with van der Waals surface area (Å²) in [5.74, 6) is 1.45. The van der Waals surface area contributed by atoms with Gasteiger partial charge in [-0.3, -0.25) is 4.72 Å². The van der Waals surface area contributed by atoms with Crippen molar-refractivity contribution in [2.75, 3.05) is 29.1 Å². The van der Waals surface area contributed by atoms with Crippen molar-refractivity contribution < 1.29 is 27.4 Å². The van der Waals surface area contributed by atoms with E-state index in [-0.39, 0.29) is 6.61 Å². The Balaban J connectivity index is 1.47. The monoisotopic (exact) mass is 574 g/mol. The zero-order valence-corrected chi connectivity index (χ0v) is 24.2. The molecule has 0 saturated carbocycles. The first-order valence-corrected chi connectivity index (χ1v) is 15.1. The van der Waals surface area contributed by atoms with Crippen LogP contribution in [-0.4, -0.2) is 33.9 Å². The Morgan fingerprint density at radius 1 is 0.780 bits per heavy atom. The zero-order chi connectivity index (χ0) is 29.2. The summed E-state index contributed by atoms with van der Waals surface area (Å²) in [5, 5.41) is 0. The van der Waals surface area contributed by atoms with Crippen LogP contribution < -0.4 is 19.1 Å². The fraction of sp³-hybridized carbons (Fsp3) is 0.219. The molecule has 0 aromatic heterocycles. The molecule has 0 radical (unpaired) electrons. The number of benzene rings is 4. The molecule has 1 N–H and O–H groups in total.